The Morgan fingerprint density at radius 3 is 2.36 bits per heavy atom. The summed E-state index contributed by atoms with van der Waals surface area (Å²) in [5.41, 5.74) is 0.452. The summed E-state index contributed by atoms with van der Waals surface area (Å²) in [6, 6.07) is 3.19. The first-order chi connectivity index (χ1) is 6.61. The molecule has 0 unspecified atom stereocenters. The van der Waals surface area contributed by atoms with Crippen molar-refractivity contribution >= 4 is 5.97 Å². The maximum atomic E-state index is 12.7. The number of benzene rings is 1. The Morgan fingerprint density at radius 1 is 1.29 bits per heavy atom. The highest BCUT2D eigenvalue weighted by molar-refractivity contribution is 5.69. The summed E-state index contributed by atoms with van der Waals surface area (Å²) in [5.74, 6) is -1.66. The second-order valence-electron chi connectivity index (χ2n) is 2.85. The average molecular weight is 200 g/mol. The number of carbonyl (C=O) groups excluding carboxylic acids is 1. The van der Waals surface area contributed by atoms with E-state index in [0.717, 1.165) is 6.07 Å². The summed E-state index contributed by atoms with van der Waals surface area (Å²) >= 11 is 0. The Kier molecular flexibility index (Phi) is 3.56. The van der Waals surface area contributed by atoms with Crippen LogP contribution in [0.3, 0.4) is 0 Å². The molecule has 0 heterocycles. The molecule has 0 radical (unpaired) electrons. The molecule has 0 saturated carbocycles. The maximum absolute atomic E-state index is 12.7. The van der Waals surface area contributed by atoms with Crippen LogP contribution < -0.4 is 0 Å². The van der Waals surface area contributed by atoms with Crippen LogP contribution in [0, 0.1) is 11.6 Å². The third-order valence-corrected chi connectivity index (χ3v) is 1.77. The van der Waals surface area contributed by atoms with Crippen molar-refractivity contribution in [3.63, 3.8) is 0 Å². The maximum Gasteiger partial charge on any atom is 0.305 e. The van der Waals surface area contributed by atoms with E-state index >= 15 is 0 Å². The van der Waals surface area contributed by atoms with Crippen molar-refractivity contribution in [2.24, 2.45) is 0 Å². The molecule has 0 bridgehead atoms. The van der Waals surface area contributed by atoms with E-state index in [0.29, 0.717) is 5.56 Å². The first kappa shape index (κ1) is 10.6. The molecule has 0 spiro atoms. The molecule has 0 saturated heterocycles. The number of methoxy groups -OCH3 is 1. The molecular formula is C10H10F2O2. The summed E-state index contributed by atoms with van der Waals surface area (Å²) < 4.78 is 29.8. The van der Waals surface area contributed by atoms with Gasteiger partial charge in [0.05, 0.1) is 7.11 Å². The third kappa shape index (κ3) is 3.12. The molecule has 0 atom stereocenters. The second-order valence-corrected chi connectivity index (χ2v) is 2.85. The summed E-state index contributed by atoms with van der Waals surface area (Å²) in [6.07, 6.45) is 0.404. The zero-order valence-electron chi connectivity index (χ0n) is 7.72. The van der Waals surface area contributed by atoms with Crippen LogP contribution in [0.2, 0.25) is 0 Å². The lowest BCUT2D eigenvalue weighted by atomic mass is 10.1. The summed E-state index contributed by atoms with van der Waals surface area (Å²) in [5, 5.41) is 0. The number of hydrogen-bond donors (Lipinski definition) is 0. The summed E-state index contributed by atoms with van der Waals surface area (Å²) in [6.45, 7) is 0. The smallest absolute Gasteiger partial charge is 0.305 e. The van der Waals surface area contributed by atoms with E-state index in [-0.39, 0.29) is 12.8 Å². The molecule has 0 aromatic heterocycles. The van der Waals surface area contributed by atoms with Gasteiger partial charge in [0.1, 0.15) is 11.6 Å². The minimum atomic E-state index is -0.634. The number of esters is 1. The molecule has 1 aromatic carbocycles. The fraction of sp³-hybridized carbons (Fsp3) is 0.300. The van der Waals surface area contributed by atoms with E-state index in [2.05, 4.69) is 4.74 Å². The van der Waals surface area contributed by atoms with Gasteiger partial charge in [0.15, 0.2) is 0 Å². The number of hydrogen-bond acceptors (Lipinski definition) is 2. The fourth-order valence-electron chi connectivity index (χ4n) is 1.10. The zero-order chi connectivity index (χ0) is 10.6. The minimum absolute atomic E-state index is 0.124. The van der Waals surface area contributed by atoms with Crippen molar-refractivity contribution in [1.29, 1.82) is 0 Å². The number of ether oxygens (including phenoxy) is 1. The first-order valence-corrected chi connectivity index (χ1v) is 4.13. The Hall–Kier alpha value is -1.45. The topological polar surface area (TPSA) is 26.3 Å². The molecule has 1 rings (SSSR count). The quantitative estimate of drug-likeness (QED) is 0.698. The van der Waals surface area contributed by atoms with Crippen molar-refractivity contribution in [3.05, 3.63) is 35.4 Å². The van der Waals surface area contributed by atoms with Crippen LogP contribution in [0.25, 0.3) is 0 Å². The Morgan fingerprint density at radius 2 is 1.86 bits per heavy atom. The lowest BCUT2D eigenvalue weighted by Gasteiger charge is -2.01. The number of rotatable bonds is 3. The van der Waals surface area contributed by atoms with Gasteiger partial charge in [-0.2, -0.15) is 0 Å². The molecule has 0 fully saturated rings. The number of aryl methyl sites for hydroxylation is 1. The van der Waals surface area contributed by atoms with E-state index < -0.39 is 17.6 Å². The van der Waals surface area contributed by atoms with Gasteiger partial charge in [0.2, 0.25) is 0 Å². The second kappa shape index (κ2) is 4.69. The number of halogens is 2. The molecule has 0 N–H and O–H groups in total. The van der Waals surface area contributed by atoms with Crippen LogP contribution in [0.4, 0.5) is 8.78 Å². The van der Waals surface area contributed by atoms with Crippen LogP contribution >= 0.6 is 0 Å². The average Bonchev–Trinajstić information content (AvgIpc) is 2.12. The predicted molar refractivity (Wildman–Crippen MR) is 46.7 cm³/mol. The Bertz CT molecular complexity index is 317. The summed E-state index contributed by atoms with van der Waals surface area (Å²) in [4.78, 5) is 10.7. The summed E-state index contributed by atoms with van der Waals surface area (Å²) in [7, 11) is 1.27. The fourth-order valence-corrected chi connectivity index (χ4v) is 1.10. The molecule has 76 valence electrons. The molecular weight excluding hydrogens is 190 g/mol. The largest absolute Gasteiger partial charge is 0.469 e. The predicted octanol–water partition coefficient (Wildman–Crippen LogP) is 2.07. The minimum Gasteiger partial charge on any atom is -0.469 e. The molecule has 0 aliphatic rings. The van der Waals surface area contributed by atoms with Crippen molar-refractivity contribution in [2.75, 3.05) is 7.11 Å². The molecule has 0 aliphatic carbocycles. The van der Waals surface area contributed by atoms with E-state index in [1.165, 1.54) is 19.2 Å². The lowest BCUT2D eigenvalue weighted by Crippen LogP contribution is -2.02. The highest BCUT2D eigenvalue weighted by atomic mass is 19.1. The Balaban J connectivity index is 2.63. The van der Waals surface area contributed by atoms with Crippen molar-refractivity contribution in [1.82, 2.24) is 0 Å². The SMILES string of the molecule is COC(=O)CCc1cc(F)cc(F)c1. The van der Waals surface area contributed by atoms with Gasteiger partial charge in [-0.3, -0.25) is 4.79 Å². The van der Waals surface area contributed by atoms with Gasteiger partial charge in [0, 0.05) is 12.5 Å². The van der Waals surface area contributed by atoms with Crippen LogP contribution in [0.15, 0.2) is 18.2 Å². The molecule has 2 nitrogen and oxygen atoms in total. The number of carbonyl (C=O) groups is 1. The van der Waals surface area contributed by atoms with Gasteiger partial charge in [-0.05, 0) is 24.1 Å². The Labute approximate surface area is 80.5 Å². The van der Waals surface area contributed by atoms with E-state index in [1.54, 1.807) is 0 Å². The highest BCUT2D eigenvalue weighted by Crippen LogP contribution is 2.10. The highest BCUT2D eigenvalue weighted by Gasteiger charge is 2.04. The molecule has 1 aromatic rings. The van der Waals surface area contributed by atoms with Crippen LogP contribution in [0.5, 0.6) is 0 Å². The standard InChI is InChI=1S/C10H10F2O2/c1-14-10(13)3-2-7-4-8(11)6-9(12)5-7/h4-6H,2-3H2,1H3. The van der Waals surface area contributed by atoms with E-state index in [4.69, 9.17) is 0 Å². The van der Waals surface area contributed by atoms with E-state index in [9.17, 15) is 13.6 Å². The monoisotopic (exact) mass is 200 g/mol. The van der Waals surface area contributed by atoms with Gasteiger partial charge in [-0.1, -0.05) is 0 Å². The zero-order valence-corrected chi connectivity index (χ0v) is 7.72. The van der Waals surface area contributed by atoms with Gasteiger partial charge < -0.3 is 4.74 Å². The molecule has 0 aliphatic heterocycles. The molecule has 0 amide bonds. The third-order valence-electron chi connectivity index (χ3n) is 1.77. The lowest BCUT2D eigenvalue weighted by molar-refractivity contribution is -0.140. The van der Waals surface area contributed by atoms with Gasteiger partial charge in [0.25, 0.3) is 0 Å². The van der Waals surface area contributed by atoms with Gasteiger partial charge >= 0.3 is 5.97 Å². The van der Waals surface area contributed by atoms with Crippen LogP contribution in [-0.2, 0) is 16.0 Å². The molecule has 4 heteroatoms. The first-order valence-electron chi connectivity index (χ1n) is 4.13. The van der Waals surface area contributed by atoms with Crippen molar-refractivity contribution in [3.8, 4) is 0 Å². The van der Waals surface area contributed by atoms with Crippen molar-refractivity contribution in [2.45, 2.75) is 12.8 Å². The normalized spacial score (nSPS) is 9.93. The van der Waals surface area contributed by atoms with Crippen molar-refractivity contribution < 1.29 is 18.3 Å². The molecule has 14 heavy (non-hydrogen) atoms. The van der Waals surface area contributed by atoms with Gasteiger partial charge in [-0.25, -0.2) is 8.78 Å². The van der Waals surface area contributed by atoms with Gasteiger partial charge in [-0.15, -0.1) is 0 Å². The van der Waals surface area contributed by atoms with E-state index in [1.807, 2.05) is 0 Å². The van der Waals surface area contributed by atoms with Crippen LogP contribution in [0.1, 0.15) is 12.0 Å². The van der Waals surface area contributed by atoms with Crippen LogP contribution in [-0.4, -0.2) is 13.1 Å².